The minimum Gasteiger partial charge on any atom is -0.494 e. The number of fused-ring (bicyclic) bond motifs is 1. The van der Waals surface area contributed by atoms with Gasteiger partial charge >= 0.3 is 0 Å². The van der Waals surface area contributed by atoms with Gasteiger partial charge in [0.25, 0.3) is 0 Å². The third-order valence-corrected chi connectivity index (χ3v) is 5.33. The third kappa shape index (κ3) is 4.71. The first-order valence-electron chi connectivity index (χ1n) is 8.96. The Morgan fingerprint density at radius 2 is 1.96 bits per heavy atom. The van der Waals surface area contributed by atoms with Crippen molar-refractivity contribution in [3.63, 3.8) is 0 Å². The monoisotopic (exact) mass is 410 g/mol. The highest BCUT2D eigenvalue weighted by molar-refractivity contribution is 7.22. The van der Waals surface area contributed by atoms with Crippen LogP contribution in [0.25, 0.3) is 10.2 Å². The summed E-state index contributed by atoms with van der Waals surface area (Å²) in [5.41, 5.74) is 5.03. The van der Waals surface area contributed by atoms with Gasteiger partial charge in [0.1, 0.15) is 5.75 Å². The lowest BCUT2D eigenvalue weighted by Crippen LogP contribution is -2.06. The molecule has 7 heteroatoms. The van der Waals surface area contributed by atoms with Gasteiger partial charge in [-0.05, 0) is 55.0 Å². The summed E-state index contributed by atoms with van der Waals surface area (Å²) in [6, 6.07) is 19.5. The highest BCUT2D eigenvalue weighted by Crippen LogP contribution is 2.25. The summed E-state index contributed by atoms with van der Waals surface area (Å²) in [4.78, 5) is 4.51. The number of benzene rings is 2. The van der Waals surface area contributed by atoms with Crippen molar-refractivity contribution in [2.75, 3.05) is 12.0 Å². The second-order valence-electron chi connectivity index (χ2n) is 6.14. The number of aromatic nitrogens is 2. The van der Waals surface area contributed by atoms with Gasteiger partial charge in [0.15, 0.2) is 0 Å². The van der Waals surface area contributed by atoms with E-state index in [0.29, 0.717) is 11.6 Å². The standard InChI is InChI=1S/C21H19ClN4OS/c22-16-8-10-18(11-9-16)27-14-4-13-26-12-3-5-17(26)15-23-25-21-24-19-6-1-2-7-20(19)28-21/h1-3,5-12,15H,4,13-14H2,(H,24,25)/b23-15+. The van der Waals surface area contributed by atoms with Crippen molar-refractivity contribution in [2.45, 2.75) is 13.0 Å². The molecule has 0 saturated carbocycles. The molecule has 0 aliphatic carbocycles. The topological polar surface area (TPSA) is 51.4 Å². The molecule has 5 nitrogen and oxygen atoms in total. The number of hydrogen-bond acceptors (Lipinski definition) is 5. The summed E-state index contributed by atoms with van der Waals surface area (Å²) < 4.78 is 9.03. The van der Waals surface area contributed by atoms with Crippen LogP contribution < -0.4 is 10.2 Å². The molecule has 0 atom stereocenters. The molecule has 0 unspecified atom stereocenters. The molecule has 0 bridgehead atoms. The number of hydrogen-bond donors (Lipinski definition) is 1. The first kappa shape index (κ1) is 18.5. The van der Waals surface area contributed by atoms with Crippen LogP contribution >= 0.6 is 22.9 Å². The van der Waals surface area contributed by atoms with E-state index in [1.54, 1.807) is 11.3 Å². The molecule has 28 heavy (non-hydrogen) atoms. The van der Waals surface area contributed by atoms with E-state index in [2.05, 4.69) is 26.1 Å². The third-order valence-electron chi connectivity index (χ3n) is 4.14. The predicted octanol–water partition coefficient (Wildman–Crippen LogP) is 5.67. The van der Waals surface area contributed by atoms with E-state index in [0.717, 1.165) is 39.8 Å². The maximum absolute atomic E-state index is 5.88. The minimum atomic E-state index is 0.639. The molecule has 0 fully saturated rings. The maximum Gasteiger partial charge on any atom is 0.204 e. The molecule has 0 aliphatic rings. The summed E-state index contributed by atoms with van der Waals surface area (Å²) in [6.07, 6.45) is 4.75. The zero-order valence-electron chi connectivity index (χ0n) is 15.1. The van der Waals surface area contributed by atoms with Crippen molar-refractivity contribution >= 4 is 44.5 Å². The van der Waals surface area contributed by atoms with Gasteiger partial charge in [-0.25, -0.2) is 4.98 Å². The maximum atomic E-state index is 5.88. The van der Waals surface area contributed by atoms with E-state index >= 15 is 0 Å². The molecule has 2 aromatic heterocycles. The van der Waals surface area contributed by atoms with Crippen molar-refractivity contribution in [1.82, 2.24) is 9.55 Å². The average Bonchev–Trinajstić information content (AvgIpc) is 3.33. The Hall–Kier alpha value is -2.83. The van der Waals surface area contributed by atoms with Crippen LogP contribution in [0.5, 0.6) is 5.75 Å². The van der Waals surface area contributed by atoms with Gasteiger partial charge in [0.05, 0.1) is 28.7 Å². The molecule has 0 aliphatic heterocycles. The van der Waals surface area contributed by atoms with Crippen LogP contribution in [0.4, 0.5) is 5.13 Å². The minimum absolute atomic E-state index is 0.639. The average molecular weight is 411 g/mol. The Bertz CT molecular complexity index is 1040. The molecule has 0 saturated heterocycles. The number of thiazole rings is 1. The second-order valence-corrected chi connectivity index (χ2v) is 7.61. The SMILES string of the molecule is Clc1ccc(OCCCn2cccc2/C=N/Nc2nc3ccccc3s2)cc1. The molecule has 142 valence electrons. The Kier molecular flexibility index (Phi) is 5.89. The molecule has 4 aromatic rings. The van der Waals surface area contributed by atoms with Crippen LogP contribution in [-0.2, 0) is 6.54 Å². The molecule has 1 N–H and O–H groups in total. The van der Waals surface area contributed by atoms with Crippen LogP contribution in [0.15, 0.2) is 72.0 Å². The quantitative estimate of drug-likeness (QED) is 0.231. The van der Waals surface area contributed by atoms with Crippen molar-refractivity contribution < 1.29 is 4.74 Å². The number of anilines is 1. The van der Waals surface area contributed by atoms with E-state index in [1.807, 2.05) is 67.0 Å². The number of para-hydroxylation sites is 1. The van der Waals surface area contributed by atoms with Crippen LogP contribution in [0.1, 0.15) is 12.1 Å². The van der Waals surface area contributed by atoms with Crippen LogP contribution in [-0.4, -0.2) is 22.4 Å². The first-order chi connectivity index (χ1) is 13.8. The van der Waals surface area contributed by atoms with Gasteiger partial charge in [-0.3, -0.25) is 5.43 Å². The Labute approximate surface area is 172 Å². The number of aryl methyl sites for hydroxylation is 1. The number of ether oxygens (including phenoxy) is 1. The fraction of sp³-hybridized carbons (Fsp3) is 0.143. The van der Waals surface area contributed by atoms with Gasteiger partial charge in [-0.2, -0.15) is 5.10 Å². The lowest BCUT2D eigenvalue weighted by atomic mass is 10.3. The van der Waals surface area contributed by atoms with Gasteiger partial charge in [0, 0.05) is 17.8 Å². The fourth-order valence-corrected chi connectivity index (χ4v) is 3.72. The second kappa shape index (κ2) is 8.91. The smallest absolute Gasteiger partial charge is 0.204 e. The molecular formula is C21H19ClN4OS. The zero-order chi connectivity index (χ0) is 19.2. The van der Waals surface area contributed by atoms with Crippen molar-refractivity contribution in [3.8, 4) is 5.75 Å². The molecule has 0 amide bonds. The highest BCUT2D eigenvalue weighted by Gasteiger charge is 2.02. The van der Waals surface area contributed by atoms with E-state index < -0.39 is 0 Å². The zero-order valence-corrected chi connectivity index (χ0v) is 16.7. The number of rotatable bonds is 8. The van der Waals surface area contributed by atoms with Gasteiger partial charge in [-0.1, -0.05) is 35.1 Å². The van der Waals surface area contributed by atoms with E-state index in [1.165, 1.54) is 0 Å². The predicted molar refractivity (Wildman–Crippen MR) is 117 cm³/mol. The number of nitrogens with zero attached hydrogens (tertiary/aromatic N) is 3. The van der Waals surface area contributed by atoms with Crippen LogP contribution in [0.2, 0.25) is 5.02 Å². The van der Waals surface area contributed by atoms with E-state index in [-0.39, 0.29) is 0 Å². The lowest BCUT2D eigenvalue weighted by Gasteiger charge is -2.08. The molecule has 0 spiro atoms. The lowest BCUT2D eigenvalue weighted by molar-refractivity contribution is 0.302. The van der Waals surface area contributed by atoms with Crippen LogP contribution in [0, 0.1) is 0 Å². The molecular weight excluding hydrogens is 392 g/mol. The Morgan fingerprint density at radius 3 is 2.82 bits per heavy atom. The summed E-state index contributed by atoms with van der Waals surface area (Å²) >= 11 is 7.47. The molecule has 4 rings (SSSR count). The summed E-state index contributed by atoms with van der Waals surface area (Å²) in [5, 5.41) is 5.83. The van der Waals surface area contributed by atoms with Gasteiger partial charge in [-0.15, -0.1) is 0 Å². The number of nitrogens with one attached hydrogen (secondary N) is 1. The Morgan fingerprint density at radius 1 is 1.11 bits per heavy atom. The summed E-state index contributed by atoms with van der Waals surface area (Å²) in [7, 11) is 0. The van der Waals surface area contributed by atoms with Crippen molar-refractivity contribution in [3.05, 3.63) is 77.6 Å². The highest BCUT2D eigenvalue weighted by atomic mass is 35.5. The number of halogens is 1. The summed E-state index contributed by atoms with van der Waals surface area (Å²) in [6.45, 7) is 1.49. The van der Waals surface area contributed by atoms with Gasteiger partial charge < -0.3 is 9.30 Å². The van der Waals surface area contributed by atoms with E-state index in [9.17, 15) is 0 Å². The Balaban J connectivity index is 1.28. The molecule has 2 heterocycles. The summed E-state index contributed by atoms with van der Waals surface area (Å²) in [5.74, 6) is 0.832. The first-order valence-corrected chi connectivity index (χ1v) is 10.2. The number of hydrazone groups is 1. The van der Waals surface area contributed by atoms with Gasteiger partial charge in [0.2, 0.25) is 5.13 Å². The van der Waals surface area contributed by atoms with Crippen molar-refractivity contribution in [1.29, 1.82) is 0 Å². The van der Waals surface area contributed by atoms with Crippen molar-refractivity contribution in [2.24, 2.45) is 5.10 Å². The molecule has 2 aromatic carbocycles. The molecule has 0 radical (unpaired) electrons. The van der Waals surface area contributed by atoms with E-state index in [4.69, 9.17) is 16.3 Å². The normalized spacial score (nSPS) is 11.3. The fourth-order valence-electron chi connectivity index (χ4n) is 2.78. The largest absolute Gasteiger partial charge is 0.494 e. The van der Waals surface area contributed by atoms with Crippen LogP contribution in [0.3, 0.4) is 0 Å².